The highest BCUT2D eigenvalue weighted by molar-refractivity contribution is 7.88. The van der Waals surface area contributed by atoms with Gasteiger partial charge in [0.05, 0.1) is 12.1 Å². The topological polar surface area (TPSA) is 95.7 Å². The summed E-state index contributed by atoms with van der Waals surface area (Å²) in [5.41, 5.74) is 0.375. The number of hydrogen-bond acceptors (Lipinski definition) is 6. The van der Waals surface area contributed by atoms with Gasteiger partial charge in [0.1, 0.15) is 17.2 Å². The summed E-state index contributed by atoms with van der Waals surface area (Å²) >= 11 is 0. The molecule has 0 aliphatic carbocycles. The first kappa shape index (κ1) is 13.5. The normalized spacial score (nSPS) is 24.9. The van der Waals surface area contributed by atoms with Gasteiger partial charge in [0.2, 0.25) is 10.0 Å². The van der Waals surface area contributed by atoms with Gasteiger partial charge in [-0.15, -0.1) is 0 Å². The monoisotopic (exact) mass is 275 g/mol. The van der Waals surface area contributed by atoms with Gasteiger partial charge in [-0.3, -0.25) is 0 Å². The number of aliphatic hydroxyl groups excluding tert-OH is 1. The average Bonchev–Trinajstić information content (AvgIpc) is 2.86. The maximum absolute atomic E-state index is 12.1. The van der Waals surface area contributed by atoms with E-state index in [9.17, 15) is 13.5 Å². The molecule has 1 fully saturated rings. The molecular formula is C10H17N3O4S. The molecule has 0 unspecified atom stereocenters. The fourth-order valence-electron chi connectivity index (χ4n) is 2.00. The predicted molar refractivity (Wildman–Crippen MR) is 64.3 cm³/mol. The van der Waals surface area contributed by atoms with Gasteiger partial charge >= 0.3 is 0 Å². The van der Waals surface area contributed by atoms with E-state index in [1.54, 1.807) is 13.0 Å². The summed E-state index contributed by atoms with van der Waals surface area (Å²) < 4.78 is 30.3. The third-order valence-corrected chi connectivity index (χ3v) is 4.87. The number of nitrogens with one attached hydrogen (secondary N) is 1. The van der Waals surface area contributed by atoms with E-state index in [-0.39, 0.29) is 5.75 Å². The van der Waals surface area contributed by atoms with Crippen LogP contribution in [0.5, 0.6) is 0 Å². The number of likely N-dealkylation sites (N-methyl/N-ethyl adjacent to an activating group) is 1. The summed E-state index contributed by atoms with van der Waals surface area (Å²) in [7, 11) is -2.03. The number of aliphatic hydroxyl groups is 1. The van der Waals surface area contributed by atoms with Crippen molar-refractivity contribution in [3.8, 4) is 0 Å². The number of β-amino-alcohol motifs (C(OH)–C–C–N with tert-alkyl or cyclic N) is 1. The Balaban J connectivity index is 2.10. The Morgan fingerprint density at radius 1 is 1.61 bits per heavy atom. The number of rotatable bonds is 4. The molecule has 2 atom stereocenters. The summed E-state index contributed by atoms with van der Waals surface area (Å²) in [5.74, 6) is 0.356. The van der Waals surface area contributed by atoms with Gasteiger partial charge in [0, 0.05) is 26.2 Å². The molecule has 1 aliphatic rings. The minimum Gasteiger partial charge on any atom is -0.390 e. The molecule has 2 heterocycles. The Morgan fingerprint density at radius 2 is 2.33 bits per heavy atom. The van der Waals surface area contributed by atoms with Crippen molar-refractivity contribution in [2.24, 2.45) is 0 Å². The highest BCUT2D eigenvalue weighted by Crippen LogP contribution is 2.16. The Morgan fingerprint density at radius 3 is 2.83 bits per heavy atom. The Hall–Kier alpha value is -0.960. The molecule has 1 aliphatic heterocycles. The Bertz CT molecular complexity index is 513. The lowest BCUT2D eigenvalue weighted by molar-refractivity contribution is 0.136. The number of hydrogen-bond donors (Lipinski definition) is 2. The van der Waals surface area contributed by atoms with Crippen molar-refractivity contribution in [3.63, 3.8) is 0 Å². The summed E-state index contributed by atoms with van der Waals surface area (Å²) in [6.45, 7) is 2.57. The van der Waals surface area contributed by atoms with Crippen LogP contribution in [0, 0.1) is 6.92 Å². The first-order chi connectivity index (χ1) is 8.40. The van der Waals surface area contributed by atoms with Crippen molar-refractivity contribution >= 4 is 10.0 Å². The lowest BCUT2D eigenvalue weighted by atomic mass is 10.2. The molecular weight excluding hydrogens is 258 g/mol. The molecule has 8 heteroatoms. The molecule has 18 heavy (non-hydrogen) atoms. The second-order valence-electron chi connectivity index (χ2n) is 4.49. The number of nitrogens with zero attached hydrogens (tertiary/aromatic N) is 2. The molecule has 0 spiro atoms. The van der Waals surface area contributed by atoms with E-state index >= 15 is 0 Å². The maximum Gasteiger partial charge on any atom is 0.220 e. The molecule has 1 aromatic rings. The number of aryl methyl sites for hydroxylation is 1. The molecule has 102 valence electrons. The molecule has 1 saturated heterocycles. The zero-order valence-electron chi connectivity index (χ0n) is 10.3. The van der Waals surface area contributed by atoms with Crippen molar-refractivity contribution in [2.75, 3.05) is 20.1 Å². The van der Waals surface area contributed by atoms with Gasteiger partial charge in [-0.2, -0.15) is 4.31 Å². The first-order valence-corrected chi connectivity index (χ1v) is 7.28. The molecule has 0 radical (unpaired) electrons. The van der Waals surface area contributed by atoms with Crippen molar-refractivity contribution in [1.82, 2.24) is 14.8 Å². The molecule has 0 saturated carbocycles. The summed E-state index contributed by atoms with van der Waals surface area (Å²) in [6.07, 6.45) is -0.677. The minimum absolute atomic E-state index is 0.218. The van der Waals surface area contributed by atoms with Crippen LogP contribution in [0.3, 0.4) is 0 Å². The van der Waals surface area contributed by atoms with Gasteiger partial charge in [0.15, 0.2) is 0 Å². The molecule has 1 aromatic heterocycles. The lowest BCUT2D eigenvalue weighted by Crippen LogP contribution is -2.44. The van der Waals surface area contributed by atoms with Crippen molar-refractivity contribution in [1.29, 1.82) is 0 Å². The van der Waals surface area contributed by atoms with E-state index in [2.05, 4.69) is 10.5 Å². The maximum atomic E-state index is 12.1. The van der Waals surface area contributed by atoms with Crippen LogP contribution in [0.25, 0.3) is 0 Å². The molecule has 2 N–H and O–H groups in total. The Labute approximate surface area is 106 Å². The van der Waals surface area contributed by atoms with Gasteiger partial charge < -0.3 is 14.9 Å². The molecule has 0 bridgehead atoms. The Kier molecular flexibility index (Phi) is 3.71. The van der Waals surface area contributed by atoms with Crippen LogP contribution < -0.4 is 5.32 Å². The molecule has 7 nitrogen and oxygen atoms in total. The summed E-state index contributed by atoms with van der Waals surface area (Å²) in [6, 6.07) is 1.16. The third kappa shape index (κ3) is 2.72. The van der Waals surface area contributed by atoms with Crippen LogP contribution in [-0.2, 0) is 15.8 Å². The van der Waals surface area contributed by atoms with Crippen molar-refractivity contribution < 1.29 is 18.0 Å². The second-order valence-corrected chi connectivity index (χ2v) is 6.52. The van der Waals surface area contributed by atoms with Crippen molar-refractivity contribution in [2.45, 2.75) is 24.8 Å². The second kappa shape index (κ2) is 4.96. The van der Waals surface area contributed by atoms with E-state index in [1.807, 2.05) is 0 Å². The zero-order valence-corrected chi connectivity index (χ0v) is 11.1. The minimum atomic E-state index is -3.51. The van der Waals surface area contributed by atoms with Crippen LogP contribution >= 0.6 is 0 Å². The van der Waals surface area contributed by atoms with E-state index in [4.69, 9.17) is 4.52 Å². The van der Waals surface area contributed by atoms with E-state index < -0.39 is 22.2 Å². The first-order valence-electron chi connectivity index (χ1n) is 5.67. The smallest absolute Gasteiger partial charge is 0.220 e. The number of aromatic nitrogens is 1. The molecule has 0 aromatic carbocycles. The van der Waals surface area contributed by atoms with E-state index in [1.165, 1.54) is 11.4 Å². The van der Waals surface area contributed by atoms with Crippen LogP contribution in [0.4, 0.5) is 0 Å². The van der Waals surface area contributed by atoms with E-state index in [0.717, 1.165) is 0 Å². The summed E-state index contributed by atoms with van der Waals surface area (Å²) in [5, 5.41) is 16.3. The van der Waals surface area contributed by atoms with Gasteiger partial charge in [-0.05, 0) is 6.92 Å². The van der Waals surface area contributed by atoms with E-state index in [0.29, 0.717) is 24.5 Å². The number of sulfonamides is 1. The summed E-state index contributed by atoms with van der Waals surface area (Å²) in [4.78, 5) is 0. The highest BCUT2D eigenvalue weighted by atomic mass is 32.2. The lowest BCUT2D eigenvalue weighted by Gasteiger charge is -2.25. The van der Waals surface area contributed by atoms with Crippen LogP contribution in [-0.4, -0.2) is 55.3 Å². The quantitative estimate of drug-likeness (QED) is 0.737. The largest absolute Gasteiger partial charge is 0.390 e. The average molecular weight is 275 g/mol. The van der Waals surface area contributed by atoms with Crippen molar-refractivity contribution in [3.05, 3.63) is 17.5 Å². The predicted octanol–water partition coefficient (Wildman–Crippen LogP) is -0.923. The van der Waals surface area contributed by atoms with Gasteiger partial charge in [-0.1, -0.05) is 5.16 Å². The van der Waals surface area contributed by atoms with Gasteiger partial charge in [-0.25, -0.2) is 8.42 Å². The SMILES string of the molecule is Cc1cc(CS(=O)(=O)N(C)[C@@H]2CNC[C@H]2O)no1. The van der Waals surface area contributed by atoms with Crippen LogP contribution in [0.15, 0.2) is 10.6 Å². The molecule has 2 rings (SSSR count). The standard InChI is InChI=1S/C10H17N3O4S/c1-7-3-8(12-17-7)6-18(15,16)13(2)9-4-11-5-10(9)14/h3,9-11,14H,4-6H2,1-2H3/t9-,10-/m1/s1. The van der Waals surface area contributed by atoms with Gasteiger partial charge in [0.25, 0.3) is 0 Å². The van der Waals surface area contributed by atoms with Crippen LogP contribution in [0.1, 0.15) is 11.5 Å². The molecule has 0 amide bonds. The fraction of sp³-hybridized carbons (Fsp3) is 0.700. The fourth-order valence-corrected chi connectivity index (χ4v) is 3.34. The van der Waals surface area contributed by atoms with Crippen LogP contribution in [0.2, 0.25) is 0 Å². The highest BCUT2D eigenvalue weighted by Gasteiger charge is 2.35. The third-order valence-electron chi connectivity index (χ3n) is 3.06. The zero-order chi connectivity index (χ0) is 13.3.